The number of carbonyl (C=O) groups is 1. The molecular weight excluding hydrogens is 364 g/mol. The fourth-order valence-electron chi connectivity index (χ4n) is 8.84. The molecule has 0 aromatic rings. The Balaban J connectivity index is 1.58. The average molecular weight is 407 g/mol. The lowest BCUT2D eigenvalue weighted by Gasteiger charge is -2.63. The summed E-state index contributed by atoms with van der Waals surface area (Å²) in [5.74, 6) is 2.47. The van der Waals surface area contributed by atoms with Crippen LogP contribution in [0.5, 0.6) is 0 Å². The zero-order valence-electron chi connectivity index (χ0n) is 18.9. The molecule has 2 N–H and O–H groups in total. The number of esters is 1. The van der Waals surface area contributed by atoms with Crippen LogP contribution in [0.3, 0.4) is 0 Å². The average Bonchev–Trinajstić information content (AvgIpc) is 3.05. The first-order valence-corrected chi connectivity index (χ1v) is 12.2. The standard InChI is InChI=1S/C25H42O4/c1-15(8-11-22(28)29-4)17-9-10-18-23-19(14-21(27)25(17,18)3)24(2)12-6-5-7-16(24)13-20(23)26/h15-21,23,26-27H,5-14H2,1-4H3/t15-,16+,17-,18+,19+,20-,21+,23+,24+,25-/m1/s1. The van der Waals surface area contributed by atoms with E-state index in [1.54, 1.807) is 0 Å². The van der Waals surface area contributed by atoms with Crippen LogP contribution in [0.25, 0.3) is 0 Å². The van der Waals surface area contributed by atoms with Gasteiger partial charge >= 0.3 is 5.97 Å². The number of fused-ring (bicyclic) bond motifs is 5. The highest BCUT2D eigenvalue weighted by atomic mass is 16.5. The van der Waals surface area contributed by atoms with Crippen LogP contribution in [0.4, 0.5) is 0 Å². The Morgan fingerprint density at radius 1 is 1.10 bits per heavy atom. The van der Waals surface area contributed by atoms with Gasteiger partial charge in [-0.25, -0.2) is 0 Å². The summed E-state index contributed by atoms with van der Waals surface area (Å²) in [7, 11) is 1.45. The van der Waals surface area contributed by atoms with Crippen LogP contribution in [0.2, 0.25) is 0 Å². The van der Waals surface area contributed by atoms with E-state index in [0.29, 0.717) is 47.3 Å². The van der Waals surface area contributed by atoms with E-state index in [1.807, 2.05) is 0 Å². The highest BCUT2D eigenvalue weighted by Crippen LogP contribution is 2.68. The van der Waals surface area contributed by atoms with Crippen LogP contribution in [0, 0.1) is 46.3 Å². The number of rotatable bonds is 4. The lowest BCUT2D eigenvalue weighted by molar-refractivity contribution is -0.201. The molecule has 4 rings (SSSR count). The van der Waals surface area contributed by atoms with E-state index in [4.69, 9.17) is 4.74 Å². The van der Waals surface area contributed by atoms with Crippen molar-refractivity contribution in [2.75, 3.05) is 7.11 Å². The molecule has 0 bridgehead atoms. The number of aliphatic hydroxyl groups excluding tert-OH is 2. The third-order valence-electron chi connectivity index (χ3n) is 10.5. The highest BCUT2D eigenvalue weighted by Gasteiger charge is 2.65. The zero-order chi connectivity index (χ0) is 21.0. The fraction of sp³-hybridized carbons (Fsp3) is 0.960. The lowest BCUT2D eigenvalue weighted by Crippen LogP contribution is -2.61. The molecule has 0 radical (unpaired) electrons. The van der Waals surface area contributed by atoms with Gasteiger partial charge in [-0.1, -0.05) is 33.6 Å². The minimum Gasteiger partial charge on any atom is -0.469 e. The first kappa shape index (κ1) is 21.6. The molecule has 10 atom stereocenters. The third kappa shape index (κ3) is 3.28. The number of ether oxygens (including phenoxy) is 1. The number of aliphatic hydroxyl groups is 2. The van der Waals surface area contributed by atoms with E-state index in [2.05, 4.69) is 20.8 Å². The van der Waals surface area contributed by atoms with Crippen molar-refractivity contribution in [3.8, 4) is 0 Å². The summed E-state index contributed by atoms with van der Waals surface area (Å²) in [6.07, 6.45) is 9.92. The maximum Gasteiger partial charge on any atom is 0.305 e. The third-order valence-corrected chi connectivity index (χ3v) is 10.5. The van der Waals surface area contributed by atoms with Gasteiger partial charge < -0.3 is 14.9 Å². The molecule has 4 nitrogen and oxygen atoms in total. The van der Waals surface area contributed by atoms with Crippen molar-refractivity contribution in [1.82, 2.24) is 0 Å². The first-order valence-electron chi connectivity index (χ1n) is 12.2. The SMILES string of the molecule is COC(=O)CC[C@@H](C)[C@H]1CC[C@H]2[C@@H]3[C@H](O)C[C@@H]4CCCC[C@]4(C)[C@H]3C[C@H](O)[C@]12C. The van der Waals surface area contributed by atoms with Crippen LogP contribution < -0.4 is 0 Å². The molecule has 0 unspecified atom stereocenters. The van der Waals surface area contributed by atoms with Gasteiger partial charge in [0.05, 0.1) is 19.3 Å². The number of carbonyl (C=O) groups excluding carboxylic acids is 1. The van der Waals surface area contributed by atoms with Gasteiger partial charge in [0.25, 0.3) is 0 Å². The molecule has 0 amide bonds. The van der Waals surface area contributed by atoms with Crippen molar-refractivity contribution in [3.05, 3.63) is 0 Å². The molecule has 4 aliphatic rings. The summed E-state index contributed by atoms with van der Waals surface area (Å²) >= 11 is 0. The Kier molecular flexibility index (Phi) is 5.83. The Labute approximate surface area is 176 Å². The monoisotopic (exact) mass is 406 g/mol. The van der Waals surface area contributed by atoms with Crippen molar-refractivity contribution in [2.24, 2.45) is 46.3 Å². The highest BCUT2D eigenvalue weighted by molar-refractivity contribution is 5.69. The second-order valence-electron chi connectivity index (χ2n) is 11.4. The topological polar surface area (TPSA) is 66.8 Å². The van der Waals surface area contributed by atoms with Crippen LogP contribution in [-0.2, 0) is 9.53 Å². The van der Waals surface area contributed by atoms with Crippen molar-refractivity contribution < 1.29 is 19.7 Å². The van der Waals surface area contributed by atoms with Crippen molar-refractivity contribution in [3.63, 3.8) is 0 Å². The number of hydrogen-bond acceptors (Lipinski definition) is 4. The Morgan fingerprint density at radius 2 is 1.86 bits per heavy atom. The maximum absolute atomic E-state index is 11.7. The first-order chi connectivity index (χ1) is 13.7. The summed E-state index contributed by atoms with van der Waals surface area (Å²) < 4.78 is 4.84. The van der Waals surface area contributed by atoms with E-state index >= 15 is 0 Å². The van der Waals surface area contributed by atoms with Crippen molar-refractivity contribution >= 4 is 5.97 Å². The number of hydrogen-bond donors (Lipinski definition) is 2. The second kappa shape index (κ2) is 7.82. The smallest absolute Gasteiger partial charge is 0.305 e. The summed E-state index contributed by atoms with van der Waals surface area (Å²) in [6, 6.07) is 0. The molecule has 0 aromatic heterocycles. The lowest BCUT2D eigenvalue weighted by atomic mass is 9.43. The van der Waals surface area contributed by atoms with Gasteiger partial charge in [-0.3, -0.25) is 4.79 Å². The molecule has 4 aliphatic carbocycles. The van der Waals surface area contributed by atoms with E-state index < -0.39 is 0 Å². The molecule has 0 aromatic carbocycles. The number of methoxy groups -OCH3 is 1. The molecule has 166 valence electrons. The van der Waals surface area contributed by atoms with Crippen molar-refractivity contribution in [2.45, 2.75) is 97.2 Å². The Morgan fingerprint density at radius 3 is 2.59 bits per heavy atom. The molecule has 0 aliphatic heterocycles. The van der Waals surface area contributed by atoms with Crippen LogP contribution >= 0.6 is 0 Å². The fourth-order valence-corrected chi connectivity index (χ4v) is 8.84. The summed E-state index contributed by atoms with van der Waals surface area (Å²) in [6.45, 7) is 7.02. The van der Waals surface area contributed by atoms with Gasteiger partial charge in [-0.05, 0) is 91.3 Å². The molecule has 4 saturated carbocycles. The van der Waals surface area contributed by atoms with Gasteiger partial charge in [0.2, 0.25) is 0 Å². The van der Waals surface area contributed by atoms with Crippen LogP contribution in [0.1, 0.15) is 85.0 Å². The Bertz CT molecular complexity index is 620. The predicted octanol–water partition coefficient (Wildman–Crippen LogP) is 4.57. The quantitative estimate of drug-likeness (QED) is 0.671. The van der Waals surface area contributed by atoms with Gasteiger partial charge in [0.15, 0.2) is 0 Å². The molecule has 4 fully saturated rings. The van der Waals surface area contributed by atoms with Crippen LogP contribution in [-0.4, -0.2) is 35.5 Å². The van der Waals surface area contributed by atoms with Crippen LogP contribution in [0.15, 0.2) is 0 Å². The molecule has 0 spiro atoms. The van der Waals surface area contributed by atoms with E-state index in [0.717, 1.165) is 32.1 Å². The predicted molar refractivity (Wildman–Crippen MR) is 113 cm³/mol. The van der Waals surface area contributed by atoms with E-state index in [-0.39, 0.29) is 23.6 Å². The normalized spacial score (nSPS) is 50.2. The molecule has 0 saturated heterocycles. The molecule has 0 heterocycles. The summed E-state index contributed by atoms with van der Waals surface area (Å²) in [5.41, 5.74) is 0.147. The van der Waals surface area contributed by atoms with Gasteiger partial charge in [-0.2, -0.15) is 0 Å². The van der Waals surface area contributed by atoms with Crippen molar-refractivity contribution in [1.29, 1.82) is 0 Å². The van der Waals surface area contributed by atoms with Gasteiger partial charge in [-0.15, -0.1) is 0 Å². The summed E-state index contributed by atoms with van der Waals surface area (Å²) in [4.78, 5) is 11.7. The van der Waals surface area contributed by atoms with Gasteiger partial charge in [0.1, 0.15) is 0 Å². The largest absolute Gasteiger partial charge is 0.469 e. The van der Waals surface area contributed by atoms with E-state index in [9.17, 15) is 15.0 Å². The van der Waals surface area contributed by atoms with Gasteiger partial charge in [0, 0.05) is 6.42 Å². The maximum atomic E-state index is 11.7. The Hall–Kier alpha value is -0.610. The van der Waals surface area contributed by atoms with E-state index in [1.165, 1.54) is 32.8 Å². The minimum atomic E-state index is -0.300. The zero-order valence-corrected chi connectivity index (χ0v) is 18.9. The minimum absolute atomic E-state index is 0.139. The molecule has 4 heteroatoms. The summed E-state index contributed by atoms with van der Waals surface area (Å²) in [5, 5.41) is 22.8. The molecule has 29 heavy (non-hydrogen) atoms. The molecular formula is C25H42O4. The second-order valence-corrected chi connectivity index (χ2v) is 11.4.